The van der Waals surface area contributed by atoms with E-state index in [1.165, 1.54) is 89.9 Å². The van der Waals surface area contributed by atoms with Crippen LogP contribution >= 0.6 is 0 Å². The molecular formula is C27H54O5. The first-order chi connectivity index (χ1) is 15.8. The summed E-state index contributed by atoms with van der Waals surface area (Å²) in [6.45, 7) is 5.72. The third-order valence-corrected chi connectivity index (χ3v) is 5.73. The minimum atomic E-state index is -0.106. The van der Waals surface area contributed by atoms with Gasteiger partial charge in [-0.1, -0.05) is 103 Å². The lowest BCUT2D eigenvalue weighted by atomic mass is 10.0. The molecule has 0 bridgehead atoms. The molecule has 0 aromatic rings. The summed E-state index contributed by atoms with van der Waals surface area (Å²) in [6, 6.07) is 0. The number of carbonyl (C=O) groups is 1. The monoisotopic (exact) mass is 458 g/mol. The van der Waals surface area contributed by atoms with E-state index in [0.29, 0.717) is 52.5 Å². The van der Waals surface area contributed by atoms with E-state index in [1.54, 1.807) is 7.11 Å². The maximum Gasteiger partial charge on any atom is 0.305 e. The van der Waals surface area contributed by atoms with Crippen molar-refractivity contribution in [2.24, 2.45) is 0 Å². The highest BCUT2D eigenvalue weighted by molar-refractivity contribution is 5.69. The van der Waals surface area contributed by atoms with Gasteiger partial charge in [-0.15, -0.1) is 0 Å². The Labute approximate surface area is 199 Å². The van der Waals surface area contributed by atoms with Gasteiger partial charge in [0.1, 0.15) is 0 Å². The maximum absolute atomic E-state index is 11.7. The number of rotatable bonds is 27. The van der Waals surface area contributed by atoms with Gasteiger partial charge in [0, 0.05) is 20.1 Å². The van der Waals surface area contributed by atoms with Crippen LogP contribution < -0.4 is 0 Å². The van der Waals surface area contributed by atoms with E-state index in [-0.39, 0.29) is 5.97 Å². The second kappa shape index (κ2) is 28.4. The summed E-state index contributed by atoms with van der Waals surface area (Å²) in [5.74, 6) is -0.106. The van der Waals surface area contributed by atoms with Gasteiger partial charge >= 0.3 is 5.97 Å². The first-order valence-electron chi connectivity index (χ1n) is 13.6. The molecule has 0 heterocycles. The van der Waals surface area contributed by atoms with Crippen LogP contribution in [-0.2, 0) is 23.7 Å². The molecule has 0 amide bonds. The second-order valence-electron chi connectivity index (χ2n) is 8.84. The minimum Gasteiger partial charge on any atom is -0.466 e. The zero-order chi connectivity index (χ0) is 23.4. The first kappa shape index (κ1) is 31.4. The molecule has 0 atom stereocenters. The van der Waals surface area contributed by atoms with Crippen molar-refractivity contribution in [3.63, 3.8) is 0 Å². The van der Waals surface area contributed by atoms with E-state index in [0.717, 1.165) is 12.8 Å². The molecule has 0 fully saturated rings. The van der Waals surface area contributed by atoms with Crippen molar-refractivity contribution in [1.82, 2.24) is 0 Å². The second-order valence-corrected chi connectivity index (χ2v) is 8.84. The van der Waals surface area contributed by atoms with E-state index < -0.39 is 0 Å². The summed E-state index contributed by atoms with van der Waals surface area (Å²) in [6.07, 6.45) is 22.8. The molecular weight excluding hydrogens is 404 g/mol. The topological polar surface area (TPSA) is 54.0 Å². The van der Waals surface area contributed by atoms with Gasteiger partial charge in [0.2, 0.25) is 0 Å². The van der Waals surface area contributed by atoms with E-state index in [4.69, 9.17) is 18.9 Å². The molecule has 0 unspecified atom stereocenters. The number of esters is 1. The minimum absolute atomic E-state index is 0.106. The highest BCUT2D eigenvalue weighted by Crippen LogP contribution is 2.13. The Hall–Kier alpha value is -0.650. The number of unbranched alkanes of at least 4 members (excludes halogenated alkanes) is 15. The Balaban J connectivity index is 3.12. The Kier molecular flexibility index (Phi) is 27.8. The van der Waals surface area contributed by atoms with Crippen LogP contribution in [0, 0.1) is 0 Å². The maximum atomic E-state index is 11.7. The predicted molar refractivity (Wildman–Crippen MR) is 133 cm³/mol. The zero-order valence-electron chi connectivity index (χ0n) is 21.5. The van der Waals surface area contributed by atoms with Crippen molar-refractivity contribution in [3.05, 3.63) is 0 Å². The van der Waals surface area contributed by atoms with Crippen LogP contribution in [0.4, 0.5) is 0 Å². The first-order valence-corrected chi connectivity index (χ1v) is 13.6. The van der Waals surface area contributed by atoms with Crippen molar-refractivity contribution in [1.29, 1.82) is 0 Å². The summed E-state index contributed by atoms with van der Waals surface area (Å²) < 4.78 is 20.9. The summed E-state index contributed by atoms with van der Waals surface area (Å²) in [4.78, 5) is 11.7. The largest absolute Gasteiger partial charge is 0.466 e. The standard InChI is InChI=1S/C27H54O5/c1-3-4-5-6-7-8-9-10-11-12-13-14-15-16-17-18-22-32-27(28)20-19-21-30-25-26-31-24-23-29-2/h3-26H2,1-2H3. The normalized spacial score (nSPS) is 11.2. The molecule has 0 N–H and O–H groups in total. The average Bonchev–Trinajstić information content (AvgIpc) is 2.80. The van der Waals surface area contributed by atoms with Crippen LogP contribution in [-0.4, -0.2) is 52.7 Å². The van der Waals surface area contributed by atoms with Gasteiger partial charge in [-0.05, 0) is 12.8 Å². The number of ether oxygens (including phenoxy) is 4. The van der Waals surface area contributed by atoms with Gasteiger partial charge in [0.05, 0.1) is 33.0 Å². The molecule has 0 saturated heterocycles. The van der Waals surface area contributed by atoms with Crippen molar-refractivity contribution >= 4 is 5.97 Å². The number of hydrogen-bond donors (Lipinski definition) is 0. The van der Waals surface area contributed by atoms with Crippen LogP contribution in [0.5, 0.6) is 0 Å². The molecule has 0 aromatic carbocycles. The molecule has 0 spiro atoms. The Morgan fingerprint density at radius 2 is 0.938 bits per heavy atom. The fourth-order valence-electron chi connectivity index (χ4n) is 3.69. The Bertz CT molecular complexity index is 362. The van der Waals surface area contributed by atoms with Crippen molar-refractivity contribution in [2.75, 3.05) is 46.8 Å². The molecule has 0 radical (unpaired) electrons. The summed E-state index contributed by atoms with van der Waals surface area (Å²) in [5.41, 5.74) is 0. The van der Waals surface area contributed by atoms with Crippen LogP contribution in [0.15, 0.2) is 0 Å². The molecule has 0 aromatic heterocycles. The summed E-state index contributed by atoms with van der Waals surface area (Å²) >= 11 is 0. The van der Waals surface area contributed by atoms with Crippen molar-refractivity contribution in [3.8, 4) is 0 Å². The average molecular weight is 459 g/mol. The molecule has 192 valence electrons. The molecule has 0 aliphatic carbocycles. The van der Waals surface area contributed by atoms with Crippen LogP contribution in [0.1, 0.15) is 122 Å². The zero-order valence-corrected chi connectivity index (χ0v) is 21.5. The predicted octanol–water partition coefficient (Wildman–Crippen LogP) is 7.25. The Morgan fingerprint density at radius 1 is 0.500 bits per heavy atom. The molecule has 0 saturated carbocycles. The van der Waals surface area contributed by atoms with Gasteiger partial charge in [0.15, 0.2) is 0 Å². The van der Waals surface area contributed by atoms with Crippen LogP contribution in [0.3, 0.4) is 0 Å². The lowest BCUT2D eigenvalue weighted by molar-refractivity contribution is -0.144. The van der Waals surface area contributed by atoms with E-state index in [1.807, 2.05) is 0 Å². The molecule has 32 heavy (non-hydrogen) atoms. The van der Waals surface area contributed by atoms with Gasteiger partial charge in [-0.2, -0.15) is 0 Å². The van der Waals surface area contributed by atoms with Crippen LogP contribution in [0.25, 0.3) is 0 Å². The van der Waals surface area contributed by atoms with E-state index in [9.17, 15) is 4.79 Å². The van der Waals surface area contributed by atoms with Crippen molar-refractivity contribution in [2.45, 2.75) is 122 Å². The van der Waals surface area contributed by atoms with Gasteiger partial charge in [-0.25, -0.2) is 0 Å². The number of carbonyl (C=O) groups excluding carboxylic acids is 1. The summed E-state index contributed by atoms with van der Waals surface area (Å²) in [5, 5.41) is 0. The third kappa shape index (κ3) is 27.4. The lowest BCUT2D eigenvalue weighted by Gasteiger charge is -2.07. The summed E-state index contributed by atoms with van der Waals surface area (Å²) in [7, 11) is 1.65. The van der Waals surface area contributed by atoms with Crippen molar-refractivity contribution < 1.29 is 23.7 Å². The molecule has 5 nitrogen and oxygen atoms in total. The quantitative estimate of drug-likeness (QED) is 0.0958. The van der Waals surface area contributed by atoms with Gasteiger partial charge in [0.25, 0.3) is 0 Å². The highest BCUT2D eigenvalue weighted by Gasteiger charge is 2.02. The smallest absolute Gasteiger partial charge is 0.305 e. The number of methoxy groups -OCH3 is 1. The molecule has 0 aliphatic rings. The van der Waals surface area contributed by atoms with Gasteiger partial charge < -0.3 is 18.9 Å². The van der Waals surface area contributed by atoms with E-state index >= 15 is 0 Å². The van der Waals surface area contributed by atoms with E-state index in [2.05, 4.69) is 6.92 Å². The fourth-order valence-corrected chi connectivity index (χ4v) is 3.69. The fraction of sp³-hybridized carbons (Fsp3) is 0.963. The molecule has 0 rings (SSSR count). The van der Waals surface area contributed by atoms with Gasteiger partial charge in [-0.3, -0.25) is 4.79 Å². The van der Waals surface area contributed by atoms with Crippen LogP contribution in [0.2, 0.25) is 0 Å². The lowest BCUT2D eigenvalue weighted by Crippen LogP contribution is -2.10. The Morgan fingerprint density at radius 3 is 1.44 bits per heavy atom. The highest BCUT2D eigenvalue weighted by atomic mass is 16.5. The molecule has 0 aliphatic heterocycles. The molecule has 5 heteroatoms. The number of hydrogen-bond acceptors (Lipinski definition) is 5. The third-order valence-electron chi connectivity index (χ3n) is 5.73. The SMILES string of the molecule is CCCCCCCCCCCCCCCCCCOC(=O)CCCOCCOCCOC.